The largest absolute Gasteiger partial charge is 0.481 e. The van der Waals surface area contributed by atoms with E-state index in [0.29, 0.717) is 19.3 Å². The van der Waals surface area contributed by atoms with Gasteiger partial charge in [0.2, 0.25) is 5.91 Å². The lowest BCUT2D eigenvalue weighted by Crippen LogP contribution is -2.62. The number of amides is 1. The van der Waals surface area contributed by atoms with Crippen LogP contribution in [0.3, 0.4) is 0 Å². The van der Waals surface area contributed by atoms with Crippen LogP contribution >= 0.6 is 0 Å². The normalized spacial score (nSPS) is 21.4. The Morgan fingerprint density at radius 3 is 2.10 bits per heavy atom. The van der Waals surface area contributed by atoms with E-state index >= 15 is 0 Å². The number of hydrogen-bond donors (Lipinski definition) is 3. The molecule has 0 bridgehead atoms. The van der Waals surface area contributed by atoms with Crippen LogP contribution in [-0.4, -0.2) is 34.1 Å². The van der Waals surface area contributed by atoms with Crippen LogP contribution in [0, 0.1) is 0 Å². The molecule has 1 aliphatic heterocycles. The van der Waals surface area contributed by atoms with E-state index in [2.05, 4.69) is 38.3 Å². The zero-order valence-corrected chi connectivity index (χ0v) is 13.1. The minimum atomic E-state index is -0.799. The molecule has 116 valence electrons. The zero-order valence-electron chi connectivity index (χ0n) is 13.1. The van der Waals surface area contributed by atoms with E-state index < -0.39 is 5.97 Å². The number of unbranched alkanes of at least 4 members (excludes halogenated alkanes) is 1. The third-order valence-corrected chi connectivity index (χ3v) is 3.60. The highest BCUT2D eigenvalue weighted by Crippen LogP contribution is 2.28. The van der Waals surface area contributed by atoms with Crippen molar-refractivity contribution in [3.63, 3.8) is 0 Å². The Kier molecular flexibility index (Phi) is 5.57. The zero-order chi connectivity index (χ0) is 15.4. The molecule has 0 spiro atoms. The van der Waals surface area contributed by atoms with Gasteiger partial charge in [-0.25, -0.2) is 0 Å². The molecule has 0 aromatic heterocycles. The molecule has 0 aromatic carbocycles. The lowest BCUT2D eigenvalue weighted by molar-refractivity contribution is -0.137. The van der Waals surface area contributed by atoms with Crippen LogP contribution in [0.2, 0.25) is 0 Å². The van der Waals surface area contributed by atoms with Crippen LogP contribution in [0.25, 0.3) is 0 Å². The first kappa shape index (κ1) is 17.0. The molecule has 5 heteroatoms. The Labute approximate surface area is 121 Å². The van der Waals surface area contributed by atoms with Crippen molar-refractivity contribution in [1.82, 2.24) is 10.6 Å². The summed E-state index contributed by atoms with van der Waals surface area (Å²) in [7, 11) is 0. The Morgan fingerprint density at radius 2 is 1.60 bits per heavy atom. The van der Waals surface area contributed by atoms with E-state index in [9.17, 15) is 9.59 Å². The molecule has 0 atom stereocenters. The smallest absolute Gasteiger partial charge is 0.303 e. The highest BCUT2D eigenvalue weighted by molar-refractivity contribution is 5.76. The van der Waals surface area contributed by atoms with Crippen LogP contribution < -0.4 is 10.6 Å². The van der Waals surface area contributed by atoms with Crippen molar-refractivity contribution < 1.29 is 14.7 Å². The Bertz CT molecular complexity index is 348. The summed E-state index contributed by atoms with van der Waals surface area (Å²) >= 11 is 0. The molecule has 0 aliphatic carbocycles. The summed E-state index contributed by atoms with van der Waals surface area (Å²) < 4.78 is 0. The summed E-state index contributed by atoms with van der Waals surface area (Å²) in [5.41, 5.74) is 0.0337. The molecule has 1 heterocycles. The summed E-state index contributed by atoms with van der Waals surface area (Å²) in [6, 6.07) is 0.188. The molecule has 0 saturated carbocycles. The first-order valence-electron chi connectivity index (χ1n) is 7.40. The van der Waals surface area contributed by atoms with Crippen molar-refractivity contribution in [3.8, 4) is 0 Å². The van der Waals surface area contributed by atoms with E-state index in [1.165, 1.54) is 0 Å². The van der Waals surface area contributed by atoms with E-state index in [0.717, 1.165) is 12.8 Å². The Hall–Kier alpha value is -1.10. The van der Waals surface area contributed by atoms with Gasteiger partial charge in [-0.3, -0.25) is 9.59 Å². The number of carbonyl (C=O) groups is 2. The third kappa shape index (κ3) is 6.37. The fourth-order valence-corrected chi connectivity index (χ4v) is 3.29. The number of carboxylic acid groups (broad SMARTS) is 1. The van der Waals surface area contributed by atoms with Crippen molar-refractivity contribution in [2.45, 2.75) is 83.3 Å². The Balaban J connectivity index is 2.36. The van der Waals surface area contributed by atoms with Crippen LogP contribution in [-0.2, 0) is 9.59 Å². The van der Waals surface area contributed by atoms with E-state index in [-0.39, 0.29) is 29.4 Å². The molecule has 3 N–H and O–H groups in total. The van der Waals surface area contributed by atoms with Gasteiger partial charge in [0, 0.05) is 30.0 Å². The molecular weight excluding hydrogens is 256 g/mol. The predicted octanol–water partition coefficient (Wildman–Crippen LogP) is 2.06. The number of nitrogens with one attached hydrogen (secondary N) is 2. The molecule has 0 aromatic rings. The minimum Gasteiger partial charge on any atom is -0.481 e. The fraction of sp³-hybridized carbons (Fsp3) is 0.867. The van der Waals surface area contributed by atoms with Crippen molar-refractivity contribution in [1.29, 1.82) is 0 Å². The standard InChI is InChI=1S/C15H28N2O3/c1-14(2)9-11(10-15(3,4)17-14)16-12(18)7-5-6-8-13(19)20/h11,17H,5-10H2,1-4H3,(H,16,18)(H,19,20). The average molecular weight is 284 g/mol. The van der Waals surface area contributed by atoms with Gasteiger partial charge in [-0.15, -0.1) is 0 Å². The topological polar surface area (TPSA) is 78.4 Å². The predicted molar refractivity (Wildman–Crippen MR) is 78.6 cm³/mol. The van der Waals surface area contributed by atoms with Crippen molar-refractivity contribution in [3.05, 3.63) is 0 Å². The molecule has 1 fully saturated rings. The molecule has 1 aliphatic rings. The van der Waals surface area contributed by atoms with Crippen LogP contribution in [0.1, 0.15) is 66.2 Å². The maximum atomic E-state index is 11.9. The maximum Gasteiger partial charge on any atom is 0.303 e. The number of carboxylic acids is 1. The molecule has 5 nitrogen and oxygen atoms in total. The van der Waals surface area contributed by atoms with Gasteiger partial charge < -0.3 is 15.7 Å². The molecule has 1 saturated heterocycles. The first-order chi connectivity index (χ1) is 9.10. The van der Waals surface area contributed by atoms with Crippen LogP contribution in [0.15, 0.2) is 0 Å². The summed E-state index contributed by atoms with van der Waals surface area (Å²) in [5, 5.41) is 15.2. The second kappa shape index (κ2) is 6.57. The average Bonchev–Trinajstić information content (AvgIpc) is 2.19. The van der Waals surface area contributed by atoms with Gasteiger partial charge >= 0.3 is 5.97 Å². The summed E-state index contributed by atoms with van der Waals surface area (Å²) in [6.07, 6.45) is 3.58. The SMILES string of the molecule is CC1(C)CC(NC(=O)CCCCC(=O)O)CC(C)(C)N1. The third-order valence-electron chi connectivity index (χ3n) is 3.60. The van der Waals surface area contributed by atoms with Crippen molar-refractivity contribution in [2.24, 2.45) is 0 Å². The second-order valence-electron chi connectivity index (χ2n) is 7.17. The number of piperidine rings is 1. The van der Waals surface area contributed by atoms with Crippen molar-refractivity contribution >= 4 is 11.9 Å². The molecule has 1 rings (SSSR count). The van der Waals surface area contributed by atoms with Gasteiger partial charge in [-0.1, -0.05) is 0 Å². The minimum absolute atomic E-state index is 0.0169. The highest BCUT2D eigenvalue weighted by atomic mass is 16.4. The molecule has 1 amide bonds. The van der Waals surface area contributed by atoms with Gasteiger partial charge in [-0.2, -0.15) is 0 Å². The summed E-state index contributed by atoms with van der Waals surface area (Å²) in [6.45, 7) is 8.61. The van der Waals surface area contributed by atoms with E-state index in [4.69, 9.17) is 5.11 Å². The number of carbonyl (C=O) groups excluding carboxylic acids is 1. The monoisotopic (exact) mass is 284 g/mol. The quantitative estimate of drug-likeness (QED) is 0.652. The molecule has 0 unspecified atom stereocenters. The number of rotatable bonds is 6. The molecular formula is C15H28N2O3. The van der Waals surface area contributed by atoms with Gasteiger partial charge in [0.25, 0.3) is 0 Å². The Morgan fingerprint density at radius 1 is 1.10 bits per heavy atom. The van der Waals surface area contributed by atoms with Crippen LogP contribution in [0.4, 0.5) is 0 Å². The van der Waals surface area contributed by atoms with Gasteiger partial charge in [0.05, 0.1) is 0 Å². The summed E-state index contributed by atoms with van der Waals surface area (Å²) in [4.78, 5) is 22.3. The van der Waals surface area contributed by atoms with Gasteiger partial charge in [-0.05, 0) is 53.4 Å². The van der Waals surface area contributed by atoms with Crippen molar-refractivity contribution in [2.75, 3.05) is 0 Å². The first-order valence-corrected chi connectivity index (χ1v) is 7.40. The van der Waals surface area contributed by atoms with Gasteiger partial charge in [0.15, 0.2) is 0 Å². The van der Waals surface area contributed by atoms with Gasteiger partial charge in [0.1, 0.15) is 0 Å². The molecule has 20 heavy (non-hydrogen) atoms. The lowest BCUT2D eigenvalue weighted by atomic mass is 9.79. The summed E-state index contributed by atoms with van der Waals surface area (Å²) in [5.74, 6) is -0.763. The highest BCUT2D eigenvalue weighted by Gasteiger charge is 2.37. The fourth-order valence-electron chi connectivity index (χ4n) is 3.29. The van der Waals surface area contributed by atoms with E-state index in [1.807, 2.05) is 0 Å². The second-order valence-corrected chi connectivity index (χ2v) is 7.17. The lowest BCUT2D eigenvalue weighted by Gasteiger charge is -2.46. The maximum absolute atomic E-state index is 11.9. The molecule has 0 radical (unpaired) electrons. The number of hydrogen-bond acceptors (Lipinski definition) is 3. The van der Waals surface area contributed by atoms with E-state index in [1.54, 1.807) is 0 Å². The number of aliphatic carboxylic acids is 1. The van der Waals surface area contributed by atoms with Crippen LogP contribution in [0.5, 0.6) is 0 Å².